The standard InChI is InChI=1S/C19H19N3OS/c1-22(2)18-11-8-14(13-20-18)6-4-5-7-19-21-16-10-9-15(23-3)12-17(16)24-19/h4-13H,1-3H3/b6-4+,7-5+. The van der Waals surface area contributed by atoms with Crippen molar-refractivity contribution >= 4 is 39.5 Å². The number of benzene rings is 1. The van der Waals surface area contributed by atoms with Crippen LogP contribution in [0.5, 0.6) is 5.75 Å². The van der Waals surface area contributed by atoms with Crippen LogP contribution >= 0.6 is 11.3 Å². The fourth-order valence-corrected chi connectivity index (χ4v) is 3.10. The number of aromatic nitrogens is 2. The summed E-state index contributed by atoms with van der Waals surface area (Å²) in [4.78, 5) is 11.0. The molecule has 0 radical (unpaired) electrons. The van der Waals surface area contributed by atoms with Crippen molar-refractivity contribution in [2.75, 3.05) is 26.1 Å². The summed E-state index contributed by atoms with van der Waals surface area (Å²) in [5, 5.41) is 0.976. The molecule has 0 N–H and O–H groups in total. The topological polar surface area (TPSA) is 38.2 Å². The third-order valence-corrected chi connectivity index (χ3v) is 4.46. The van der Waals surface area contributed by atoms with Gasteiger partial charge in [0.15, 0.2) is 0 Å². The van der Waals surface area contributed by atoms with E-state index in [4.69, 9.17) is 4.74 Å². The van der Waals surface area contributed by atoms with Crippen molar-refractivity contribution in [1.29, 1.82) is 0 Å². The molecule has 0 spiro atoms. The summed E-state index contributed by atoms with van der Waals surface area (Å²) < 4.78 is 6.37. The molecule has 0 aliphatic rings. The van der Waals surface area contributed by atoms with Crippen LogP contribution in [0.25, 0.3) is 22.4 Å². The first-order valence-electron chi connectivity index (χ1n) is 7.58. The molecule has 0 saturated carbocycles. The minimum atomic E-state index is 0.857. The zero-order valence-corrected chi connectivity index (χ0v) is 14.7. The number of anilines is 1. The molecule has 0 saturated heterocycles. The zero-order valence-electron chi connectivity index (χ0n) is 13.9. The number of fused-ring (bicyclic) bond motifs is 1. The van der Waals surface area contributed by atoms with E-state index in [-0.39, 0.29) is 0 Å². The molecule has 2 heterocycles. The third-order valence-electron chi connectivity index (χ3n) is 3.48. The number of hydrogen-bond donors (Lipinski definition) is 0. The second-order valence-corrected chi connectivity index (χ2v) is 6.51. The fourth-order valence-electron chi connectivity index (χ4n) is 2.19. The first-order chi connectivity index (χ1) is 11.7. The Morgan fingerprint density at radius 1 is 1.08 bits per heavy atom. The van der Waals surface area contributed by atoms with Gasteiger partial charge in [0.25, 0.3) is 0 Å². The van der Waals surface area contributed by atoms with Crippen LogP contribution in [0.2, 0.25) is 0 Å². The van der Waals surface area contributed by atoms with Gasteiger partial charge < -0.3 is 9.64 Å². The van der Waals surface area contributed by atoms with Crippen LogP contribution in [0, 0.1) is 0 Å². The monoisotopic (exact) mass is 337 g/mol. The lowest BCUT2D eigenvalue weighted by atomic mass is 10.2. The number of allylic oxidation sites excluding steroid dienone is 2. The van der Waals surface area contributed by atoms with E-state index in [1.807, 2.05) is 73.8 Å². The summed E-state index contributed by atoms with van der Waals surface area (Å²) in [6.45, 7) is 0. The zero-order chi connectivity index (χ0) is 16.9. The van der Waals surface area contributed by atoms with Gasteiger partial charge in [-0.1, -0.05) is 18.2 Å². The Bertz CT molecular complexity index is 879. The number of pyridine rings is 1. The van der Waals surface area contributed by atoms with Crippen molar-refractivity contribution in [1.82, 2.24) is 9.97 Å². The maximum Gasteiger partial charge on any atom is 0.127 e. The van der Waals surface area contributed by atoms with Crippen LogP contribution in [-0.2, 0) is 0 Å². The number of ether oxygens (including phenoxy) is 1. The molecule has 0 unspecified atom stereocenters. The minimum Gasteiger partial charge on any atom is -0.497 e. The van der Waals surface area contributed by atoms with E-state index in [2.05, 4.69) is 16.0 Å². The lowest BCUT2D eigenvalue weighted by Crippen LogP contribution is -2.09. The van der Waals surface area contributed by atoms with Gasteiger partial charge in [0.1, 0.15) is 16.6 Å². The van der Waals surface area contributed by atoms with Crippen molar-refractivity contribution < 1.29 is 4.74 Å². The first kappa shape index (κ1) is 16.2. The van der Waals surface area contributed by atoms with Crippen LogP contribution in [-0.4, -0.2) is 31.2 Å². The highest BCUT2D eigenvalue weighted by Gasteiger charge is 2.02. The van der Waals surface area contributed by atoms with E-state index < -0.39 is 0 Å². The van der Waals surface area contributed by atoms with Gasteiger partial charge in [-0.2, -0.15) is 0 Å². The molecule has 0 bridgehead atoms. The summed E-state index contributed by atoms with van der Waals surface area (Å²) in [5.41, 5.74) is 2.06. The molecule has 2 aromatic heterocycles. The average Bonchev–Trinajstić information content (AvgIpc) is 3.00. The Kier molecular flexibility index (Phi) is 4.91. The molecule has 0 aliphatic heterocycles. The second-order valence-electron chi connectivity index (χ2n) is 5.45. The molecule has 0 atom stereocenters. The SMILES string of the molecule is COc1ccc2nc(/C=C/C=C/c3ccc(N(C)C)nc3)sc2c1. The molecule has 1 aromatic carbocycles. The van der Waals surface area contributed by atoms with Crippen molar-refractivity contribution in [3.8, 4) is 5.75 Å². The Hall–Kier alpha value is -2.66. The molecule has 0 fully saturated rings. The maximum absolute atomic E-state index is 5.24. The lowest BCUT2D eigenvalue weighted by Gasteiger charge is -2.10. The summed E-state index contributed by atoms with van der Waals surface area (Å²) in [7, 11) is 5.64. The highest BCUT2D eigenvalue weighted by Crippen LogP contribution is 2.26. The molecular formula is C19H19N3OS. The normalized spacial score (nSPS) is 11.6. The van der Waals surface area contributed by atoms with Crippen LogP contribution in [0.15, 0.2) is 48.7 Å². The van der Waals surface area contributed by atoms with Crippen molar-refractivity contribution in [3.05, 3.63) is 59.3 Å². The van der Waals surface area contributed by atoms with E-state index in [0.29, 0.717) is 0 Å². The van der Waals surface area contributed by atoms with Crippen LogP contribution in [0.3, 0.4) is 0 Å². The third kappa shape index (κ3) is 3.81. The quantitative estimate of drug-likeness (QED) is 0.643. The fraction of sp³-hybridized carbons (Fsp3) is 0.158. The largest absolute Gasteiger partial charge is 0.497 e. The van der Waals surface area contributed by atoms with Crippen molar-refractivity contribution in [2.24, 2.45) is 0 Å². The highest BCUT2D eigenvalue weighted by molar-refractivity contribution is 7.19. The van der Waals surface area contributed by atoms with Gasteiger partial charge in [-0.3, -0.25) is 0 Å². The predicted molar refractivity (Wildman–Crippen MR) is 103 cm³/mol. The number of methoxy groups -OCH3 is 1. The van der Waals surface area contributed by atoms with E-state index in [1.165, 1.54) is 0 Å². The van der Waals surface area contributed by atoms with Gasteiger partial charge in [0.2, 0.25) is 0 Å². The van der Waals surface area contributed by atoms with E-state index >= 15 is 0 Å². The minimum absolute atomic E-state index is 0.857. The Morgan fingerprint density at radius 3 is 2.62 bits per heavy atom. The number of thiazole rings is 1. The Morgan fingerprint density at radius 2 is 1.92 bits per heavy atom. The van der Waals surface area contributed by atoms with Gasteiger partial charge in [-0.15, -0.1) is 11.3 Å². The van der Waals surface area contributed by atoms with Gasteiger partial charge in [0, 0.05) is 20.3 Å². The van der Waals surface area contributed by atoms with Crippen LogP contribution < -0.4 is 9.64 Å². The summed E-state index contributed by atoms with van der Waals surface area (Å²) >= 11 is 1.65. The molecule has 4 nitrogen and oxygen atoms in total. The Balaban J connectivity index is 1.69. The number of nitrogens with zero attached hydrogens (tertiary/aromatic N) is 3. The van der Waals surface area contributed by atoms with E-state index in [1.54, 1.807) is 18.4 Å². The van der Waals surface area contributed by atoms with Crippen molar-refractivity contribution in [2.45, 2.75) is 0 Å². The molecular weight excluding hydrogens is 318 g/mol. The van der Waals surface area contributed by atoms with Crippen LogP contribution in [0.4, 0.5) is 5.82 Å². The molecule has 3 aromatic rings. The summed E-state index contributed by atoms with van der Waals surface area (Å²) in [6.07, 6.45) is 9.89. The van der Waals surface area contributed by atoms with Crippen molar-refractivity contribution in [3.63, 3.8) is 0 Å². The summed E-state index contributed by atoms with van der Waals surface area (Å²) in [6, 6.07) is 9.98. The van der Waals surface area contributed by atoms with E-state index in [9.17, 15) is 0 Å². The molecule has 3 rings (SSSR count). The number of hydrogen-bond acceptors (Lipinski definition) is 5. The second kappa shape index (κ2) is 7.27. The average molecular weight is 337 g/mol. The number of rotatable bonds is 5. The maximum atomic E-state index is 5.24. The molecule has 0 amide bonds. The van der Waals surface area contributed by atoms with Crippen LogP contribution in [0.1, 0.15) is 10.6 Å². The highest BCUT2D eigenvalue weighted by atomic mass is 32.1. The first-order valence-corrected chi connectivity index (χ1v) is 8.40. The predicted octanol–water partition coefficient (Wildman–Crippen LogP) is 4.49. The van der Waals surface area contributed by atoms with Gasteiger partial charge in [-0.05, 0) is 42.0 Å². The Labute approximate surface area is 145 Å². The van der Waals surface area contributed by atoms with Gasteiger partial charge >= 0.3 is 0 Å². The van der Waals surface area contributed by atoms with Gasteiger partial charge in [-0.25, -0.2) is 9.97 Å². The van der Waals surface area contributed by atoms with E-state index in [0.717, 1.165) is 32.4 Å². The molecule has 5 heteroatoms. The molecule has 0 aliphatic carbocycles. The molecule has 24 heavy (non-hydrogen) atoms. The lowest BCUT2D eigenvalue weighted by molar-refractivity contribution is 0.415. The molecule has 122 valence electrons. The summed E-state index contributed by atoms with van der Waals surface area (Å²) in [5.74, 6) is 1.81. The smallest absolute Gasteiger partial charge is 0.127 e. The van der Waals surface area contributed by atoms with Gasteiger partial charge in [0.05, 0.1) is 17.3 Å².